The number of hydrogen-bond donors (Lipinski definition) is 0. The Morgan fingerprint density at radius 2 is 2.25 bits per heavy atom. The van der Waals surface area contributed by atoms with Crippen LogP contribution in [-0.2, 0) is 0 Å². The van der Waals surface area contributed by atoms with Gasteiger partial charge >= 0.3 is 0 Å². The van der Waals surface area contributed by atoms with Crippen molar-refractivity contribution in [1.82, 2.24) is 4.98 Å². The third-order valence-electron chi connectivity index (χ3n) is 1.71. The van der Waals surface area contributed by atoms with Gasteiger partial charge in [0.25, 0.3) is 0 Å². The number of hydrogen-bond acceptors (Lipinski definition) is 2. The number of pyridine rings is 1. The lowest BCUT2D eigenvalue weighted by Gasteiger charge is -2.17. The first-order chi connectivity index (χ1) is 5.74. The monoisotopic (exact) mass is 228 g/mol. The highest BCUT2D eigenvalue weighted by atomic mass is 79.9. The van der Waals surface area contributed by atoms with Gasteiger partial charge in [-0.25, -0.2) is 4.98 Å². The summed E-state index contributed by atoms with van der Waals surface area (Å²) >= 11 is 3.30. The van der Waals surface area contributed by atoms with Crippen LogP contribution in [0.1, 0.15) is 13.3 Å². The highest BCUT2D eigenvalue weighted by Crippen LogP contribution is 2.13. The van der Waals surface area contributed by atoms with Gasteiger partial charge in [-0.3, -0.25) is 0 Å². The fourth-order valence-electron chi connectivity index (χ4n) is 1.06. The normalized spacial score (nSPS) is 9.92. The van der Waals surface area contributed by atoms with Crippen LogP contribution < -0.4 is 4.90 Å². The highest BCUT2D eigenvalue weighted by Gasteiger charge is 1.98. The third-order valence-corrected chi connectivity index (χ3v) is 2.18. The second-order valence-electron chi connectivity index (χ2n) is 2.76. The molecule has 0 amide bonds. The van der Waals surface area contributed by atoms with Gasteiger partial charge in [0.15, 0.2) is 0 Å². The summed E-state index contributed by atoms with van der Waals surface area (Å²) < 4.78 is 0.885. The topological polar surface area (TPSA) is 16.1 Å². The van der Waals surface area contributed by atoms with E-state index in [1.807, 2.05) is 12.3 Å². The Labute approximate surface area is 81.7 Å². The van der Waals surface area contributed by atoms with Gasteiger partial charge in [-0.15, -0.1) is 0 Å². The average molecular weight is 229 g/mol. The summed E-state index contributed by atoms with van der Waals surface area (Å²) in [6.45, 7) is 3.24. The number of aromatic nitrogens is 1. The highest BCUT2D eigenvalue weighted by molar-refractivity contribution is 9.10. The van der Waals surface area contributed by atoms with Gasteiger partial charge in [0.2, 0.25) is 0 Å². The second-order valence-corrected chi connectivity index (χ2v) is 3.57. The number of anilines is 1. The van der Waals surface area contributed by atoms with Gasteiger partial charge in [-0.2, -0.15) is 0 Å². The minimum absolute atomic E-state index is 0.885. The molecular weight excluding hydrogens is 216 g/mol. The van der Waals surface area contributed by atoms with Crippen molar-refractivity contribution in [2.75, 3.05) is 18.5 Å². The van der Waals surface area contributed by atoms with Crippen molar-refractivity contribution in [3.05, 3.63) is 22.9 Å². The molecule has 66 valence electrons. The van der Waals surface area contributed by atoms with Crippen LogP contribution in [0.2, 0.25) is 0 Å². The molecule has 1 aromatic rings. The molecule has 1 rings (SSSR count). The van der Waals surface area contributed by atoms with Crippen molar-refractivity contribution >= 4 is 21.6 Å². The molecule has 0 aliphatic heterocycles. The van der Waals surface area contributed by atoms with Crippen LogP contribution in [0.5, 0.6) is 0 Å². The van der Waals surface area contributed by atoms with E-state index in [9.17, 15) is 0 Å². The summed E-state index contributed by atoms with van der Waals surface area (Å²) in [5.41, 5.74) is 1.17. The van der Waals surface area contributed by atoms with Gasteiger partial charge in [0.05, 0.1) is 11.9 Å². The van der Waals surface area contributed by atoms with E-state index in [1.165, 1.54) is 5.69 Å². The number of nitrogens with zero attached hydrogens (tertiary/aromatic N) is 2. The molecule has 0 aromatic carbocycles. The second kappa shape index (κ2) is 4.45. The number of halogens is 1. The van der Waals surface area contributed by atoms with Gasteiger partial charge < -0.3 is 4.90 Å². The fourth-order valence-corrected chi connectivity index (χ4v) is 1.29. The van der Waals surface area contributed by atoms with Crippen molar-refractivity contribution in [3.8, 4) is 0 Å². The standard InChI is InChI=1S/C9H13BrN2/c1-3-6-12(2)8-4-5-9(10)11-7-8/h4-5,7H,3,6H2,1-2H3. The Balaban J connectivity index is 2.68. The molecule has 0 atom stereocenters. The first kappa shape index (κ1) is 9.52. The van der Waals surface area contributed by atoms with Crippen molar-refractivity contribution in [2.45, 2.75) is 13.3 Å². The lowest BCUT2D eigenvalue weighted by atomic mass is 10.3. The van der Waals surface area contributed by atoms with E-state index in [1.54, 1.807) is 0 Å². The molecule has 0 aliphatic rings. The van der Waals surface area contributed by atoms with E-state index in [2.05, 4.69) is 45.9 Å². The molecule has 0 fully saturated rings. The van der Waals surface area contributed by atoms with E-state index < -0.39 is 0 Å². The quantitative estimate of drug-likeness (QED) is 0.741. The Bertz CT molecular complexity index is 233. The van der Waals surface area contributed by atoms with Gasteiger partial charge in [0.1, 0.15) is 4.60 Å². The van der Waals surface area contributed by atoms with Crippen molar-refractivity contribution in [2.24, 2.45) is 0 Å². The van der Waals surface area contributed by atoms with Crippen LogP contribution in [-0.4, -0.2) is 18.6 Å². The molecule has 3 heteroatoms. The zero-order chi connectivity index (χ0) is 8.97. The maximum absolute atomic E-state index is 4.16. The fraction of sp³-hybridized carbons (Fsp3) is 0.444. The molecule has 12 heavy (non-hydrogen) atoms. The zero-order valence-corrected chi connectivity index (χ0v) is 9.00. The predicted molar refractivity (Wildman–Crippen MR) is 55.5 cm³/mol. The Morgan fingerprint density at radius 3 is 2.75 bits per heavy atom. The van der Waals surface area contributed by atoms with Gasteiger partial charge in [0, 0.05) is 13.6 Å². The van der Waals surface area contributed by atoms with Crippen LogP contribution >= 0.6 is 15.9 Å². The Hall–Kier alpha value is -0.570. The first-order valence-electron chi connectivity index (χ1n) is 4.06. The maximum Gasteiger partial charge on any atom is 0.106 e. The minimum atomic E-state index is 0.885. The molecule has 0 bridgehead atoms. The summed E-state index contributed by atoms with van der Waals surface area (Å²) in [5, 5.41) is 0. The first-order valence-corrected chi connectivity index (χ1v) is 4.86. The predicted octanol–water partition coefficient (Wildman–Crippen LogP) is 2.69. The van der Waals surface area contributed by atoms with E-state index in [4.69, 9.17) is 0 Å². The largest absolute Gasteiger partial charge is 0.373 e. The summed E-state index contributed by atoms with van der Waals surface area (Å²) in [7, 11) is 2.08. The van der Waals surface area contributed by atoms with E-state index in [0.717, 1.165) is 17.6 Å². The molecule has 0 radical (unpaired) electrons. The molecule has 1 heterocycles. The number of rotatable bonds is 3. The average Bonchev–Trinajstić information content (AvgIpc) is 2.06. The van der Waals surface area contributed by atoms with E-state index in [-0.39, 0.29) is 0 Å². The van der Waals surface area contributed by atoms with Crippen LogP contribution in [0.25, 0.3) is 0 Å². The van der Waals surface area contributed by atoms with Crippen LogP contribution in [0.3, 0.4) is 0 Å². The van der Waals surface area contributed by atoms with Gasteiger partial charge in [-0.05, 0) is 34.5 Å². The van der Waals surface area contributed by atoms with Crippen molar-refractivity contribution < 1.29 is 0 Å². The Kier molecular flexibility index (Phi) is 3.53. The molecule has 0 aliphatic carbocycles. The van der Waals surface area contributed by atoms with E-state index in [0.29, 0.717) is 0 Å². The summed E-state index contributed by atoms with van der Waals surface area (Å²) in [6.07, 6.45) is 3.03. The zero-order valence-electron chi connectivity index (χ0n) is 7.42. The van der Waals surface area contributed by atoms with Crippen LogP contribution in [0, 0.1) is 0 Å². The lowest BCUT2D eigenvalue weighted by molar-refractivity contribution is 0.849. The molecule has 0 spiro atoms. The summed E-state index contributed by atoms with van der Waals surface area (Å²) in [5.74, 6) is 0. The van der Waals surface area contributed by atoms with Gasteiger partial charge in [-0.1, -0.05) is 6.92 Å². The summed E-state index contributed by atoms with van der Waals surface area (Å²) in [6, 6.07) is 4.02. The van der Waals surface area contributed by atoms with Crippen LogP contribution in [0.4, 0.5) is 5.69 Å². The lowest BCUT2D eigenvalue weighted by Crippen LogP contribution is -2.17. The smallest absolute Gasteiger partial charge is 0.106 e. The van der Waals surface area contributed by atoms with Crippen molar-refractivity contribution in [1.29, 1.82) is 0 Å². The summed E-state index contributed by atoms with van der Waals surface area (Å²) in [4.78, 5) is 6.35. The molecule has 0 saturated heterocycles. The van der Waals surface area contributed by atoms with Crippen molar-refractivity contribution in [3.63, 3.8) is 0 Å². The third kappa shape index (κ3) is 2.48. The van der Waals surface area contributed by atoms with E-state index >= 15 is 0 Å². The van der Waals surface area contributed by atoms with Crippen LogP contribution in [0.15, 0.2) is 22.9 Å². The maximum atomic E-state index is 4.16. The molecule has 0 saturated carbocycles. The SMILES string of the molecule is CCCN(C)c1ccc(Br)nc1. The molecular formula is C9H13BrN2. The minimum Gasteiger partial charge on any atom is -0.373 e. The molecule has 2 nitrogen and oxygen atoms in total. The Morgan fingerprint density at radius 1 is 1.50 bits per heavy atom. The molecule has 0 N–H and O–H groups in total. The molecule has 1 aromatic heterocycles. The molecule has 0 unspecified atom stereocenters.